The minimum absolute atomic E-state index is 0.00304. The van der Waals surface area contributed by atoms with Gasteiger partial charge in [0.15, 0.2) is 0 Å². The molecule has 1 saturated heterocycles. The van der Waals surface area contributed by atoms with Crippen LogP contribution in [-0.4, -0.2) is 58.4 Å². The molecule has 1 spiro atoms. The van der Waals surface area contributed by atoms with Crippen LogP contribution in [-0.2, 0) is 11.3 Å². The summed E-state index contributed by atoms with van der Waals surface area (Å²) in [5.74, 6) is 0.704. The Balaban J connectivity index is 1.50. The number of nitrogens with zero attached hydrogens (tertiary/aromatic N) is 3. The Morgan fingerprint density at radius 3 is 2.58 bits per heavy atom. The SMILES string of the molecule is CCCNc1ncc(CN2CCC3(CC2)C(O)CC3OCC)cn1. The molecule has 1 aliphatic carbocycles. The fraction of sp³-hybridized carbons (Fsp3) is 0.778. The summed E-state index contributed by atoms with van der Waals surface area (Å²) >= 11 is 0. The molecule has 2 N–H and O–H groups in total. The third-order valence-corrected chi connectivity index (χ3v) is 5.54. The zero-order valence-electron chi connectivity index (χ0n) is 14.9. The van der Waals surface area contributed by atoms with Crippen molar-refractivity contribution in [1.29, 1.82) is 0 Å². The van der Waals surface area contributed by atoms with E-state index >= 15 is 0 Å². The van der Waals surface area contributed by atoms with Crippen molar-refractivity contribution in [3.63, 3.8) is 0 Å². The summed E-state index contributed by atoms with van der Waals surface area (Å²) in [6.07, 6.45) is 7.76. The van der Waals surface area contributed by atoms with Crippen LogP contribution in [0.3, 0.4) is 0 Å². The second-order valence-corrected chi connectivity index (χ2v) is 7.05. The second kappa shape index (κ2) is 7.76. The number of nitrogens with one attached hydrogen (secondary N) is 1. The van der Waals surface area contributed by atoms with Crippen molar-refractivity contribution in [2.45, 2.75) is 58.3 Å². The molecule has 6 nitrogen and oxygen atoms in total. The van der Waals surface area contributed by atoms with E-state index in [4.69, 9.17) is 4.74 Å². The van der Waals surface area contributed by atoms with Crippen molar-refractivity contribution in [1.82, 2.24) is 14.9 Å². The van der Waals surface area contributed by atoms with Crippen LogP contribution in [0.2, 0.25) is 0 Å². The van der Waals surface area contributed by atoms with Gasteiger partial charge in [-0.1, -0.05) is 6.92 Å². The Morgan fingerprint density at radius 2 is 2.00 bits per heavy atom. The van der Waals surface area contributed by atoms with Gasteiger partial charge >= 0.3 is 0 Å². The predicted molar refractivity (Wildman–Crippen MR) is 93.8 cm³/mol. The molecule has 2 heterocycles. The number of hydrogen-bond acceptors (Lipinski definition) is 6. The molecular weight excluding hydrogens is 304 g/mol. The second-order valence-electron chi connectivity index (χ2n) is 7.05. The van der Waals surface area contributed by atoms with Crippen LogP contribution in [0.5, 0.6) is 0 Å². The lowest BCUT2D eigenvalue weighted by Gasteiger charge is -2.56. The first-order chi connectivity index (χ1) is 11.7. The average Bonchev–Trinajstić information content (AvgIpc) is 2.62. The number of aromatic nitrogens is 2. The fourth-order valence-electron chi connectivity index (χ4n) is 3.97. The van der Waals surface area contributed by atoms with E-state index in [1.165, 1.54) is 0 Å². The van der Waals surface area contributed by atoms with Gasteiger partial charge in [0.1, 0.15) is 0 Å². The van der Waals surface area contributed by atoms with Gasteiger partial charge in [0.25, 0.3) is 0 Å². The monoisotopic (exact) mass is 334 g/mol. The maximum absolute atomic E-state index is 10.3. The average molecular weight is 334 g/mol. The minimum atomic E-state index is -0.191. The first-order valence-electron chi connectivity index (χ1n) is 9.24. The summed E-state index contributed by atoms with van der Waals surface area (Å²) in [4.78, 5) is 11.2. The molecule has 1 aromatic rings. The van der Waals surface area contributed by atoms with Gasteiger partial charge in [0.2, 0.25) is 5.95 Å². The topological polar surface area (TPSA) is 70.5 Å². The molecule has 3 rings (SSSR count). The van der Waals surface area contributed by atoms with E-state index in [1.807, 2.05) is 19.3 Å². The number of anilines is 1. The zero-order chi connectivity index (χ0) is 17.0. The van der Waals surface area contributed by atoms with E-state index in [9.17, 15) is 5.11 Å². The maximum Gasteiger partial charge on any atom is 0.222 e. The molecule has 0 amide bonds. The van der Waals surface area contributed by atoms with Gasteiger partial charge in [-0.3, -0.25) is 4.90 Å². The molecule has 2 atom stereocenters. The molecule has 134 valence electrons. The van der Waals surface area contributed by atoms with Gasteiger partial charge < -0.3 is 15.2 Å². The normalized spacial score (nSPS) is 26.3. The van der Waals surface area contributed by atoms with Gasteiger partial charge in [0, 0.05) is 49.5 Å². The van der Waals surface area contributed by atoms with Crippen LogP contribution in [0.15, 0.2) is 12.4 Å². The molecule has 0 bridgehead atoms. The van der Waals surface area contributed by atoms with Crippen LogP contribution in [0, 0.1) is 5.41 Å². The molecule has 2 fully saturated rings. The standard InChI is InChI=1S/C18H30N4O2/c1-3-7-19-17-20-11-14(12-21-17)13-22-8-5-18(6-9-22)15(23)10-16(18)24-4-2/h11-12,15-16,23H,3-10,13H2,1-2H3,(H,19,20,21). The van der Waals surface area contributed by atoms with E-state index < -0.39 is 0 Å². The van der Waals surface area contributed by atoms with E-state index in [0.29, 0.717) is 5.95 Å². The molecule has 0 aromatic carbocycles. The largest absolute Gasteiger partial charge is 0.392 e. The van der Waals surface area contributed by atoms with Crippen LogP contribution in [0.1, 0.15) is 45.1 Å². The highest BCUT2D eigenvalue weighted by molar-refractivity contribution is 5.24. The van der Waals surface area contributed by atoms with Gasteiger partial charge in [-0.05, 0) is 39.3 Å². The van der Waals surface area contributed by atoms with Crippen LogP contribution in [0.25, 0.3) is 0 Å². The molecule has 24 heavy (non-hydrogen) atoms. The maximum atomic E-state index is 10.3. The van der Waals surface area contributed by atoms with Gasteiger partial charge in [-0.15, -0.1) is 0 Å². The van der Waals surface area contributed by atoms with Crippen LogP contribution < -0.4 is 5.32 Å². The Kier molecular flexibility index (Phi) is 5.69. The van der Waals surface area contributed by atoms with Crippen molar-refractivity contribution in [3.8, 4) is 0 Å². The van der Waals surface area contributed by atoms with E-state index in [0.717, 1.165) is 64.0 Å². The van der Waals surface area contributed by atoms with E-state index in [-0.39, 0.29) is 17.6 Å². The molecule has 6 heteroatoms. The Bertz CT molecular complexity index is 512. The lowest BCUT2D eigenvalue weighted by atomic mass is 9.58. The van der Waals surface area contributed by atoms with Crippen molar-refractivity contribution in [3.05, 3.63) is 18.0 Å². The van der Waals surface area contributed by atoms with Crippen LogP contribution in [0.4, 0.5) is 5.95 Å². The van der Waals surface area contributed by atoms with Gasteiger partial charge in [-0.25, -0.2) is 9.97 Å². The first kappa shape index (κ1) is 17.6. The lowest BCUT2D eigenvalue weighted by molar-refractivity contribution is -0.209. The number of likely N-dealkylation sites (tertiary alicyclic amines) is 1. The number of aliphatic hydroxyl groups is 1. The van der Waals surface area contributed by atoms with Gasteiger partial charge in [0.05, 0.1) is 12.2 Å². The molecule has 1 aromatic heterocycles. The molecule has 1 aliphatic heterocycles. The van der Waals surface area contributed by atoms with E-state index in [2.05, 4.69) is 27.1 Å². The number of piperidine rings is 1. The number of rotatable bonds is 7. The quantitative estimate of drug-likeness (QED) is 0.795. The summed E-state index contributed by atoms with van der Waals surface area (Å²) in [6, 6.07) is 0. The molecular formula is C18H30N4O2. The third kappa shape index (κ3) is 3.55. The smallest absolute Gasteiger partial charge is 0.222 e. The predicted octanol–water partition coefficient (Wildman–Crippen LogP) is 2.05. The van der Waals surface area contributed by atoms with Crippen molar-refractivity contribution < 1.29 is 9.84 Å². The number of hydrogen-bond donors (Lipinski definition) is 2. The zero-order valence-corrected chi connectivity index (χ0v) is 14.9. The van der Waals surface area contributed by atoms with E-state index in [1.54, 1.807) is 0 Å². The number of aliphatic hydroxyl groups excluding tert-OH is 1. The molecule has 1 saturated carbocycles. The highest BCUT2D eigenvalue weighted by Gasteiger charge is 2.55. The highest BCUT2D eigenvalue weighted by Crippen LogP contribution is 2.51. The van der Waals surface area contributed by atoms with Gasteiger partial charge in [-0.2, -0.15) is 0 Å². The summed E-state index contributed by atoms with van der Waals surface area (Å²) in [5, 5.41) is 13.5. The fourth-order valence-corrected chi connectivity index (χ4v) is 3.97. The third-order valence-electron chi connectivity index (χ3n) is 5.54. The lowest BCUT2D eigenvalue weighted by Crippen LogP contribution is -2.62. The summed E-state index contributed by atoms with van der Waals surface area (Å²) in [6.45, 7) is 8.66. The summed E-state index contributed by atoms with van der Waals surface area (Å²) < 4.78 is 5.83. The summed E-state index contributed by atoms with van der Waals surface area (Å²) in [5.41, 5.74) is 1.14. The van der Waals surface area contributed by atoms with Crippen LogP contribution >= 0.6 is 0 Å². The highest BCUT2D eigenvalue weighted by atomic mass is 16.5. The summed E-state index contributed by atoms with van der Waals surface area (Å²) in [7, 11) is 0. The van der Waals surface area contributed by atoms with Crippen molar-refractivity contribution >= 4 is 5.95 Å². The minimum Gasteiger partial charge on any atom is -0.392 e. The molecule has 0 radical (unpaired) electrons. The number of ether oxygens (including phenoxy) is 1. The van der Waals surface area contributed by atoms with Crippen molar-refractivity contribution in [2.75, 3.05) is 31.6 Å². The Hall–Kier alpha value is -1.24. The Labute approximate surface area is 144 Å². The Morgan fingerprint density at radius 1 is 1.29 bits per heavy atom. The first-order valence-corrected chi connectivity index (χ1v) is 9.24. The molecule has 2 aliphatic rings. The molecule has 2 unspecified atom stereocenters. The van der Waals surface area contributed by atoms with Crippen molar-refractivity contribution in [2.24, 2.45) is 5.41 Å².